The first-order valence-corrected chi connectivity index (χ1v) is 9.23. The second-order valence-corrected chi connectivity index (χ2v) is 8.27. The SMILES string of the molecule is COc1cccc(C2C3=C(CC(C)(C)CC3=O)Nc3[nH]c(=S)[nH]c(=O)c32)c1. The van der Waals surface area contributed by atoms with E-state index in [0.717, 1.165) is 17.7 Å². The maximum absolute atomic E-state index is 13.1. The van der Waals surface area contributed by atoms with Crippen LogP contribution in [0.4, 0.5) is 5.82 Å². The third kappa shape index (κ3) is 3.02. The summed E-state index contributed by atoms with van der Waals surface area (Å²) in [7, 11) is 1.60. The van der Waals surface area contributed by atoms with Gasteiger partial charge < -0.3 is 15.0 Å². The highest BCUT2D eigenvalue weighted by molar-refractivity contribution is 7.71. The van der Waals surface area contributed by atoms with Gasteiger partial charge in [0, 0.05) is 23.6 Å². The zero-order chi connectivity index (χ0) is 19.3. The molecule has 3 N–H and O–H groups in total. The fourth-order valence-electron chi connectivity index (χ4n) is 4.10. The van der Waals surface area contributed by atoms with Crippen LogP contribution in [-0.4, -0.2) is 22.9 Å². The lowest BCUT2D eigenvalue weighted by molar-refractivity contribution is -0.118. The molecule has 6 nitrogen and oxygen atoms in total. The second kappa shape index (κ2) is 6.20. The van der Waals surface area contributed by atoms with Crippen molar-refractivity contribution in [3.8, 4) is 5.75 Å². The molecule has 1 aliphatic heterocycles. The molecule has 0 saturated carbocycles. The molecule has 1 atom stereocenters. The van der Waals surface area contributed by atoms with Crippen LogP contribution in [0.5, 0.6) is 5.75 Å². The van der Waals surface area contributed by atoms with E-state index >= 15 is 0 Å². The average Bonchev–Trinajstić information content (AvgIpc) is 2.58. The minimum atomic E-state index is -0.467. The summed E-state index contributed by atoms with van der Waals surface area (Å²) in [5.41, 5.74) is 2.40. The molecule has 7 heteroatoms. The highest BCUT2D eigenvalue weighted by atomic mass is 32.1. The number of hydrogen-bond acceptors (Lipinski definition) is 5. The molecule has 2 aliphatic rings. The van der Waals surface area contributed by atoms with Gasteiger partial charge in [-0.1, -0.05) is 26.0 Å². The second-order valence-electron chi connectivity index (χ2n) is 7.86. The topological polar surface area (TPSA) is 87.0 Å². The number of fused-ring (bicyclic) bond motifs is 1. The van der Waals surface area contributed by atoms with Gasteiger partial charge in [0.15, 0.2) is 10.6 Å². The summed E-state index contributed by atoms with van der Waals surface area (Å²) in [4.78, 5) is 31.6. The van der Waals surface area contributed by atoms with Gasteiger partial charge in [-0.2, -0.15) is 0 Å². The summed E-state index contributed by atoms with van der Waals surface area (Å²) < 4.78 is 5.60. The van der Waals surface area contributed by atoms with E-state index in [1.54, 1.807) is 7.11 Å². The number of H-pyrrole nitrogens is 2. The molecule has 2 heterocycles. The first-order chi connectivity index (χ1) is 12.8. The van der Waals surface area contributed by atoms with E-state index in [2.05, 4.69) is 29.1 Å². The molecule has 0 spiro atoms. The fraction of sp³-hybridized carbons (Fsp3) is 0.350. The number of anilines is 1. The van der Waals surface area contributed by atoms with Crippen molar-refractivity contribution in [1.82, 2.24) is 9.97 Å². The van der Waals surface area contributed by atoms with E-state index in [1.807, 2.05) is 24.3 Å². The molecule has 0 fully saturated rings. The van der Waals surface area contributed by atoms with Gasteiger partial charge in [-0.15, -0.1) is 0 Å². The van der Waals surface area contributed by atoms with Crippen molar-refractivity contribution in [2.75, 3.05) is 12.4 Å². The minimum Gasteiger partial charge on any atom is -0.497 e. The summed E-state index contributed by atoms with van der Waals surface area (Å²) >= 11 is 5.14. The number of ether oxygens (including phenoxy) is 1. The lowest BCUT2D eigenvalue weighted by Crippen LogP contribution is -2.36. The fourth-order valence-corrected chi connectivity index (χ4v) is 4.30. The van der Waals surface area contributed by atoms with Crippen molar-refractivity contribution >= 4 is 23.8 Å². The Kier molecular flexibility index (Phi) is 4.07. The molecule has 140 valence electrons. The zero-order valence-corrected chi connectivity index (χ0v) is 16.3. The maximum atomic E-state index is 13.1. The van der Waals surface area contributed by atoms with Gasteiger partial charge >= 0.3 is 0 Å². The Bertz CT molecular complexity index is 1090. The molecule has 1 unspecified atom stereocenters. The standard InChI is InChI=1S/C20H21N3O3S/c1-20(2)8-12-15(13(24)9-20)14(10-5-4-6-11(7-10)26-3)16-17(21-12)22-19(27)23-18(16)25/h4-7,14H,8-9H2,1-3H3,(H3,21,22,23,25,27). The maximum Gasteiger partial charge on any atom is 0.257 e. The van der Waals surface area contributed by atoms with Crippen molar-refractivity contribution in [3.63, 3.8) is 0 Å². The van der Waals surface area contributed by atoms with Crippen molar-refractivity contribution in [2.24, 2.45) is 5.41 Å². The molecule has 0 radical (unpaired) electrons. The molecule has 0 saturated heterocycles. The Morgan fingerprint density at radius 2 is 1.96 bits per heavy atom. The Balaban J connectivity index is 2.00. The third-order valence-corrected chi connectivity index (χ3v) is 5.38. The number of rotatable bonds is 2. The number of nitrogens with one attached hydrogen (secondary N) is 3. The first kappa shape index (κ1) is 17.7. The highest BCUT2D eigenvalue weighted by Gasteiger charge is 2.42. The monoisotopic (exact) mass is 383 g/mol. The summed E-state index contributed by atoms with van der Waals surface area (Å²) in [5, 5.41) is 3.28. The number of aromatic amines is 2. The van der Waals surface area contributed by atoms with Crippen LogP contribution in [0.3, 0.4) is 0 Å². The predicted octanol–water partition coefficient (Wildman–Crippen LogP) is 3.64. The van der Waals surface area contributed by atoms with E-state index in [0.29, 0.717) is 29.1 Å². The molecule has 0 bridgehead atoms. The number of allylic oxidation sites excluding steroid dienone is 2. The van der Waals surface area contributed by atoms with Crippen molar-refractivity contribution < 1.29 is 9.53 Å². The van der Waals surface area contributed by atoms with Crippen LogP contribution in [0.25, 0.3) is 0 Å². The smallest absolute Gasteiger partial charge is 0.257 e. The molecule has 4 rings (SSSR count). The number of benzene rings is 1. The summed E-state index contributed by atoms with van der Waals surface area (Å²) in [6.07, 6.45) is 1.17. The van der Waals surface area contributed by atoms with Crippen LogP contribution in [0.15, 0.2) is 40.3 Å². The number of hydrogen-bond donors (Lipinski definition) is 3. The largest absolute Gasteiger partial charge is 0.497 e. The van der Waals surface area contributed by atoms with Gasteiger partial charge in [0.2, 0.25) is 0 Å². The predicted molar refractivity (Wildman–Crippen MR) is 106 cm³/mol. The third-order valence-electron chi connectivity index (χ3n) is 5.18. The Morgan fingerprint density at radius 1 is 1.19 bits per heavy atom. The van der Waals surface area contributed by atoms with Crippen molar-refractivity contribution in [3.05, 3.63) is 61.8 Å². The van der Waals surface area contributed by atoms with E-state index in [9.17, 15) is 9.59 Å². The van der Waals surface area contributed by atoms with E-state index in [1.165, 1.54) is 0 Å². The highest BCUT2D eigenvalue weighted by Crippen LogP contribution is 2.47. The molecule has 2 aromatic rings. The quantitative estimate of drug-likeness (QED) is 0.689. The number of carbonyl (C=O) groups excluding carboxylic acids is 1. The lowest BCUT2D eigenvalue weighted by Gasteiger charge is -2.38. The van der Waals surface area contributed by atoms with Gasteiger partial charge in [0.25, 0.3) is 5.56 Å². The van der Waals surface area contributed by atoms with E-state index < -0.39 is 5.92 Å². The van der Waals surface area contributed by atoms with Crippen LogP contribution >= 0.6 is 12.2 Å². The number of aromatic nitrogens is 2. The number of ketones is 1. The van der Waals surface area contributed by atoms with Crippen molar-refractivity contribution in [2.45, 2.75) is 32.6 Å². The van der Waals surface area contributed by atoms with Crippen LogP contribution in [-0.2, 0) is 4.79 Å². The van der Waals surface area contributed by atoms with E-state index in [4.69, 9.17) is 17.0 Å². The van der Waals surface area contributed by atoms with Crippen LogP contribution in [0, 0.1) is 10.2 Å². The molecule has 1 aliphatic carbocycles. The van der Waals surface area contributed by atoms with E-state index in [-0.39, 0.29) is 21.5 Å². The summed E-state index contributed by atoms with van der Waals surface area (Å²) in [6.45, 7) is 4.15. The first-order valence-electron chi connectivity index (χ1n) is 8.83. The van der Waals surface area contributed by atoms with Gasteiger partial charge in [0.1, 0.15) is 11.6 Å². The van der Waals surface area contributed by atoms with Crippen LogP contribution in [0.2, 0.25) is 0 Å². The molecule has 1 aromatic carbocycles. The Hall–Kier alpha value is -2.67. The van der Waals surface area contributed by atoms with Gasteiger partial charge in [-0.25, -0.2) is 0 Å². The normalized spacial score (nSPS) is 20.6. The molecule has 0 amide bonds. The summed E-state index contributed by atoms with van der Waals surface area (Å²) in [6, 6.07) is 7.50. The van der Waals surface area contributed by atoms with Crippen LogP contribution in [0.1, 0.15) is 43.7 Å². The summed E-state index contributed by atoms with van der Waals surface area (Å²) in [5.74, 6) is 0.832. The average molecular weight is 383 g/mol. The minimum absolute atomic E-state index is 0.0640. The Morgan fingerprint density at radius 3 is 2.70 bits per heavy atom. The van der Waals surface area contributed by atoms with Crippen molar-refractivity contribution in [1.29, 1.82) is 0 Å². The number of methoxy groups -OCH3 is 1. The zero-order valence-electron chi connectivity index (χ0n) is 15.4. The lowest BCUT2D eigenvalue weighted by atomic mass is 9.69. The van der Waals surface area contributed by atoms with Crippen LogP contribution < -0.4 is 15.6 Å². The van der Waals surface area contributed by atoms with Gasteiger partial charge in [0.05, 0.1) is 12.7 Å². The number of Topliss-reactive ketones (excluding diaryl/α,β-unsaturated/α-hetero) is 1. The molecule has 27 heavy (non-hydrogen) atoms. The van der Waals surface area contributed by atoms with Gasteiger partial charge in [-0.05, 0) is 41.7 Å². The van der Waals surface area contributed by atoms with Gasteiger partial charge in [-0.3, -0.25) is 14.6 Å². The molecular formula is C20H21N3O3S. The molecular weight excluding hydrogens is 362 g/mol. The Labute approximate surface area is 161 Å². The number of carbonyl (C=O) groups is 1. The molecule has 1 aromatic heterocycles.